The highest BCUT2D eigenvalue weighted by Crippen LogP contribution is 2.22. The summed E-state index contributed by atoms with van der Waals surface area (Å²) in [5.74, 6) is -0.206. The van der Waals surface area contributed by atoms with E-state index in [2.05, 4.69) is 43.5 Å². The molecule has 0 aromatic heterocycles. The number of ether oxygens (including phenoxy) is 2. The summed E-state index contributed by atoms with van der Waals surface area (Å²) in [6.45, 7) is 3.57. The first-order valence-electron chi connectivity index (χ1n) is 16.2. The van der Waals surface area contributed by atoms with Crippen LogP contribution in [-0.4, -0.2) is 87.5 Å². The summed E-state index contributed by atoms with van der Waals surface area (Å²) in [5, 5.41) is 53.5. The van der Waals surface area contributed by atoms with Gasteiger partial charge in [0.05, 0.1) is 25.4 Å². The number of aliphatic hydroxyl groups is 5. The van der Waals surface area contributed by atoms with Gasteiger partial charge in [0.25, 0.3) is 0 Å². The quantitative estimate of drug-likeness (QED) is 0.0716. The molecule has 1 fully saturated rings. The van der Waals surface area contributed by atoms with E-state index in [0.717, 1.165) is 64.2 Å². The Morgan fingerprint density at radius 3 is 2.10 bits per heavy atom. The molecule has 0 radical (unpaired) electrons. The first-order valence-corrected chi connectivity index (χ1v) is 16.2. The van der Waals surface area contributed by atoms with Crippen molar-refractivity contribution in [2.45, 2.75) is 153 Å². The lowest BCUT2D eigenvalue weighted by Crippen LogP contribution is -2.60. The van der Waals surface area contributed by atoms with Gasteiger partial charge in [0.2, 0.25) is 5.91 Å². The highest BCUT2D eigenvalue weighted by atomic mass is 16.7. The van der Waals surface area contributed by atoms with Gasteiger partial charge in [0.15, 0.2) is 6.29 Å². The molecule has 0 bridgehead atoms. The van der Waals surface area contributed by atoms with Crippen LogP contribution in [0.2, 0.25) is 0 Å². The Morgan fingerprint density at radius 2 is 1.40 bits per heavy atom. The topological polar surface area (TPSA) is 149 Å². The minimum Gasteiger partial charge on any atom is -0.394 e. The number of unbranched alkanes of at least 4 members (excludes halogenated alkanes) is 10. The van der Waals surface area contributed by atoms with Crippen molar-refractivity contribution in [2.24, 2.45) is 0 Å². The summed E-state index contributed by atoms with van der Waals surface area (Å²) < 4.78 is 11.1. The molecule has 7 unspecified atom stereocenters. The monoisotopic (exact) mass is 597 g/mol. The zero-order valence-electron chi connectivity index (χ0n) is 26.0. The average molecular weight is 598 g/mol. The van der Waals surface area contributed by atoms with Crippen molar-refractivity contribution >= 4 is 5.91 Å². The van der Waals surface area contributed by atoms with E-state index in [1.807, 2.05) is 6.08 Å². The van der Waals surface area contributed by atoms with E-state index < -0.39 is 49.5 Å². The van der Waals surface area contributed by atoms with Gasteiger partial charge in [-0.1, -0.05) is 88.8 Å². The molecule has 1 heterocycles. The van der Waals surface area contributed by atoms with Gasteiger partial charge >= 0.3 is 0 Å². The molecule has 6 N–H and O–H groups in total. The van der Waals surface area contributed by atoms with Gasteiger partial charge in [-0.3, -0.25) is 4.79 Å². The number of carbonyl (C=O) groups excluding carboxylic acids is 1. The van der Waals surface area contributed by atoms with Crippen molar-refractivity contribution in [3.8, 4) is 0 Å². The molecule has 1 aliphatic heterocycles. The molecule has 1 rings (SSSR count). The Kier molecular flexibility index (Phi) is 22.7. The zero-order chi connectivity index (χ0) is 31.0. The van der Waals surface area contributed by atoms with Crippen LogP contribution in [0.15, 0.2) is 36.5 Å². The van der Waals surface area contributed by atoms with Crippen molar-refractivity contribution in [2.75, 3.05) is 13.2 Å². The van der Waals surface area contributed by atoms with E-state index in [9.17, 15) is 30.3 Å². The predicted molar refractivity (Wildman–Crippen MR) is 166 cm³/mol. The molecule has 0 spiro atoms. The minimum atomic E-state index is -1.57. The second-order valence-corrected chi connectivity index (χ2v) is 11.2. The Labute approximate surface area is 253 Å². The lowest BCUT2D eigenvalue weighted by Gasteiger charge is -2.40. The highest BCUT2D eigenvalue weighted by Gasteiger charge is 2.44. The zero-order valence-corrected chi connectivity index (χ0v) is 26.0. The fourth-order valence-corrected chi connectivity index (χ4v) is 4.70. The van der Waals surface area contributed by atoms with Crippen LogP contribution in [0.25, 0.3) is 0 Å². The van der Waals surface area contributed by atoms with E-state index in [1.54, 1.807) is 6.08 Å². The average Bonchev–Trinajstić information content (AvgIpc) is 2.98. The maximum atomic E-state index is 12.7. The van der Waals surface area contributed by atoms with Gasteiger partial charge in [-0.05, 0) is 51.4 Å². The van der Waals surface area contributed by atoms with Gasteiger partial charge in [-0.25, -0.2) is 0 Å². The van der Waals surface area contributed by atoms with E-state index in [0.29, 0.717) is 6.42 Å². The predicted octanol–water partition coefficient (Wildman–Crippen LogP) is 4.21. The van der Waals surface area contributed by atoms with Crippen molar-refractivity contribution < 1.29 is 39.8 Å². The number of hydrogen-bond donors (Lipinski definition) is 6. The summed E-state index contributed by atoms with van der Waals surface area (Å²) in [6, 6.07) is -0.819. The number of rotatable bonds is 24. The molecule has 9 heteroatoms. The summed E-state index contributed by atoms with van der Waals surface area (Å²) in [6.07, 6.45) is 19.2. The van der Waals surface area contributed by atoms with Crippen molar-refractivity contribution in [3.63, 3.8) is 0 Å². The van der Waals surface area contributed by atoms with Crippen molar-refractivity contribution in [1.29, 1.82) is 0 Å². The molecule has 1 amide bonds. The number of carbonyl (C=O) groups is 1. The van der Waals surface area contributed by atoms with Crippen LogP contribution < -0.4 is 5.32 Å². The first-order chi connectivity index (χ1) is 20.3. The number of nitrogens with one attached hydrogen (secondary N) is 1. The molecule has 0 aromatic carbocycles. The number of allylic oxidation sites excluding steroid dienone is 5. The molecule has 9 nitrogen and oxygen atoms in total. The molecule has 0 aliphatic carbocycles. The van der Waals surface area contributed by atoms with E-state index in [1.165, 1.54) is 25.7 Å². The fourth-order valence-electron chi connectivity index (χ4n) is 4.70. The maximum absolute atomic E-state index is 12.7. The van der Waals surface area contributed by atoms with Crippen LogP contribution in [0, 0.1) is 0 Å². The van der Waals surface area contributed by atoms with Crippen LogP contribution in [0.5, 0.6) is 0 Å². The first kappa shape index (κ1) is 38.4. The van der Waals surface area contributed by atoms with Gasteiger partial charge in [0.1, 0.15) is 24.4 Å². The number of amides is 1. The molecule has 0 aromatic rings. The van der Waals surface area contributed by atoms with Gasteiger partial charge in [-0.15, -0.1) is 0 Å². The Morgan fingerprint density at radius 1 is 0.786 bits per heavy atom. The maximum Gasteiger partial charge on any atom is 0.220 e. The van der Waals surface area contributed by atoms with Crippen LogP contribution in [0.3, 0.4) is 0 Å². The smallest absolute Gasteiger partial charge is 0.220 e. The third-order valence-electron chi connectivity index (χ3n) is 7.42. The minimum absolute atomic E-state index is 0.206. The second kappa shape index (κ2) is 24.8. The third kappa shape index (κ3) is 16.9. The van der Waals surface area contributed by atoms with Crippen LogP contribution >= 0.6 is 0 Å². The van der Waals surface area contributed by atoms with Gasteiger partial charge < -0.3 is 40.3 Å². The Hall–Kier alpha value is -1.59. The standard InChI is InChI=1S/C33H59NO8/c1-3-5-7-9-11-13-15-17-19-21-23-29(37)34-26(27(36)22-20-18-16-14-12-10-8-6-4-2)25-41-33-32(40)31(39)30(38)28(24-35)42-33/h7,9,12,14,20,22,26-28,30-33,35-36,38-40H,3-6,8,10-11,13,15-19,21,23-25H2,1-2H3,(H,34,37)/b9-7-,14-12+,22-20+. The Bertz CT molecular complexity index is 756. The Balaban J connectivity index is 2.59. The molecule has 244 valence electrons. The molecular weight excluding hydrogens is 538 g/mol. The molecule has 7 atom stereocenters. The van der Waals surface area contributed by atoms with E-state index >= 15 is 0 Å². The van der Waals surface area contributed by atoms with Crippen LogP contribution in [0.1, 0.15) is 110 Å². The summed E-state index contributed by atoms with van der Waals surface area (Å²) in [5.41, 5.74) is 0. The molecule has 0 saturated carbocycles. The van der Waals surface area contributed by atoms with Crippen LogP contribution in [0.4, 0.5) is 0 Å². The number of aliphatic hydroxyl groups excluding tert-OH is 5. The summed E-state index contributed by atoms with van der Waals surface area (Å²) >= 11 is 0. The van der Waals surface area contributed by atoms with Crippen molar-refractivity contribution in [3.05, 3.63) is 36.5 Å². The molecular formula is C33H59NO8. The second-order valence-electron chi connectivity index (χ2n) is 11.2. The van der Waals surface area contributed by atoms with E-state index in [-0.39, 0.29) is 12.5 Å². The molecule has 1 saturated heterocycles. The van der Waals surface area contributed by atoms with E-state index in [4.69, 9.17) is 9.47 Å². The lowest BCUT2D eigenvalue weighted by atomic mass is 9.99. The third-order valence-corrected chi connectivity index (χ3v) is 7.42. The SMILES string of the molecule is CCC/C=C\CCCCCCCC(=O)NC(COC1OC(CO)C(O)C(O)C1O)C(O)/C=C/CC/C=C/CCCCC. The largest absolute Gasteiger partial charge is 0.394 e. The lowest BCUT2D eigenvalue weighted by molar-refractivity contribution is -0.302. The van der Waals surface area contributed by atoms with Gasteiger partial charge in [0, 0.05) is 6.42 Å². The molecule has 42 heavy (non-hydrogen) atoms. The summed E-state index contributed by atoms with van der Waals surface area (Å²) in [4.78, 5) is 12.7. The molecule has 1 aliphatic rings. The summed E-state index contributed by atoms with van der Waals surface area (Å²) in [7, 11) is 0. The highest BCUT2D eigenvalue weighted by molar-refractivity contribution is 5.76. The fraction of sp³-hybridized carbons (Fsp3) is 0.788. The normalized spacial score (nSPS) is 24.6. The van der Waals surface area contributed by atoms with Crippen LogP contribution in [-0.2, 0) is 14.3 Å². The number of hydrogen-bond acceptors (Lipinski definition) is 8. The van der Waals surface area contributed by atoms with Gasteiger partial charge in [-0.2, -0.15) is 0 Å². The van der Waals surface area contributed by atoms with Crippen molar-refractivity contribution in [1.82, 2.24) is 5.32 Å².